The smallest absolute Gasteiger partial charge is 0.367 e. The molecular formula is C3H12N5O4P. The van der Waals surface area contributed by atoms with E-state index in [1.165, 1.54) is 0 Å². The average molecular weight is 213 g/mol. The lowest BCUT2D eigenvalue weighted by Gasteiger charge is -2.06. The molecule has 0 aliphatic carbocycles. The molecule has 0 aliphatic rings. The van der Waals surface area contributed by atoms with Crippen LogP contribution in [0, 0.1) is 0 Å². The fourth-order valence-corrected chi connectivity index (χ4v) is 0.547. The molecule has 9 nitrogen and oxygen atoms in total. The molecule has 0 unspecified atom stereocenters. The van der Waals surface area contributed by atoms with Gasteiger partial charge in [0.25, 0.3) is 0 Å². The molecule has 0 spiro atoms. The number of nitrogens with two attached hydrogens (primary N) is 2. The molecule has 0 saturated carbocycles. The van der Waals surface area contributed by atoms with Crippen LogP contribution < -0.4 is 22.4 Å². The van der Waals surface area contributed by atoms with Crippen LogP contribution in [-0.2, 0) is 9.19 Å². The predicted molar refractivity (Wildman–Crippen MR) is 44.9 cm³/mol. The molecule has 13 heavy (non-hydrogen) atoms. The van der Waals surface area contributed by atoms with E-state index in [2.05, 4.69) is 15.2 Å². The predicted octanol–water partition coefficient (Wildman–Crippen LogP) is -2.62. The molecular weight excluding hydrogens is 201 g/mol. The number of rotatable bonds is 5. The van der Waals surface area contributed by atoms with Crippen LogP contribution in [0.15, 0.2) is 5.10 Å². The van der Waals surface area contributed by atoms with Gasteiger partial charge in [-0.15, -0.1) is 5.10 Å². The zero-order valence-corrected chi connectivity index (χ0v) is 7.57. The van der Waals surface area contributed by atoms with Gasteiger partial charge in [0.05, 0.1) is 0 Å². The maximum absolute atomic E-state index is 10.1. The van der Waals surface area contributed by atoms with Gasteiger partial charge in [-0.2, -0.15) is 4.62 Å². The van der Waals surface area contributed by atoms with E-state index in [1.807, 2.05) is 0 Å². The summed E-state index contributed by atoms with van der Waals surface area (Å²) >= 11 is 0. The highest BCUT2D eigenvalue weighted by atomic mass is 31.2. The number of hydrogen-bond donors (Lipinski definition) is 6. The Morgan fingerprint density at radius 3 is 2.69 bits per heavy atom. The van der Waals surface area contributed by atoms with Crippen molar-refractivity contribution in [2.45, 2.75) is 0 Å². The van der Waals surface area contributed by atoms with Crippen molar-refractivity contribution in [3.63, 3.8) is 0 Å². The summed E-state index contributed by atoms with van der Waals surface area (Å²) < 4.78 is 13.9. The van der Waals surface area contributed by atoms with E-state index in [0.29, 0.717) is 13.1 Å². The van der Waals surface area contributed by atoms with Crippen LogP contribution in [0.4, 0.5) is 0 Å². The highest BCUT2D eigenvalue weighted by Crippen LogP contribution is 2.33. The van der Waals surface area contributed by atoms with Crippen LogP contribution in [0.1, 0.15) is 0 Å². The van der Waals surface area contributed by atoms with Crippen molar-refractivity contribution in [2.24, 2.45) is 16.6 Å². The van der Waals surface area contributed by atoms with E-state index < -0.39 is 7.82 Å². The highest BCUT2D eigenvalue weighted by Gasteiger charge is 2.14. The largest absolute Gasteiger partial charge is 0.491 e. The lowest BCUT2D eigenvalue weighted by Crippen LogP contribution is -2.33. The Kier molecular flexibility index (Phi) is 5.35. The van der Waals surface area contributed by atoms with Crippen molar-refractivity contribution >= 4 is 13.8 Å². The number of hydroxylamine groups is 1. The Balaban J connectivity index is 3.67. The second kappa shape index (κ2) is 5.73. The molecule has 0 aromatic rings. The Bertz CT molecular complexity index is 214. The first kappa shape index (κ1) is 12.1. The summed E-state index contributed by atoms with van der Waals surface area (Å²) in [6.07, 6.45) is 0. The molecule has 78 valence electrons. The monoisotopic (exact) mass is 213 g/mol. The van der Waals surface area contributed by atoms with Crippen LogP contribution >= 0.6 is 7.82 Å². The van der Waals surface area contributed by atoms with Crippen molar-refractivity contribution in [3.8, 4) is 0 Å². The summed E-state index contributed by atoms with van der Waals surface area (Å²) in [5.41, 5.74) is 14.4. The summed E-state index contributed by atoms with van der Waals surface area (Å²) in [6, 6.07) is 0. The van der Waals surface area contributed by atoms with Crippen molar-refractivity contribution in [1.82, 2.24) is 10.9 Å². The third-order valence-electron chi connectivity index (χ3n) is 0.725. The minimum absolute atomic E-state index is 0.309. The van der Waals surface area contributed by atoms with Gasteiger partial charge in [-0.3, -0.25) is 0 Å². The van der Waals surface area contributed by atoms with Crippen molar-refractivity contribution in [2.75, 3.05) is 13.1 Å². The van der Waals surface area contributed by atoms with Gasteiger partial charge < -0.3 is 26.7 Å². The molecule has 0 heterocycles. The fraction of sp³-hybridized carbons (Fsp3) is 0.667. The van der Waals surface area contributed by atoms with Crippen molar-refractivity contribution < 1.29 is 19.0 Å². The summed E-state index contributed by atoms with van der Waals surface area (Å²) in [5, 5.41) is 3.40. The SMILES string of the molecule is NCCNN=C(N)NOP(=O)(O)O. The van der Waals surface area contributed by atoms with Gasteiger partial charge in [-0.05, 0) is 0 Å². The van der Waals surface area contributed by atoms with Gasteiger partial charge >= 0.3 is 7.82 Å². The maximum atomic E-state index is 10.1. The Labute approximate surface area is 74.3 Å². The quantitative estimate of drug-likeness (QED) is 0.0952. The van der Waals surface area contributed by atoms with Gasteiger partial charge in [-0.25, -0.2) is 10.0 Å². The number of guanidine groups is 1. The second-order valence-electron chi connectivity index (χ2n) is 1.88. The van der Waals surface area contributed by atoms with Gasteiger partial charge in [0.2, 0.25) is 5.96 Å². The van der Waals surface area contributed by atoms with Crippen LogP contribution in [0.5, 0.6) is 0 Å². The molecule has 0 aromatic carbocycles. The summed E-state index contributed by atoms with van der Waals surface area (Å²) in [7, 11) is -4.58. The third-order valence-corrected chi connectivity index (χ3v) is 1.05. The topological polar surface area (TPSA) is 155 Å². The fourth-order valence-electron chi connectivity index (χ4n) is 0.335. The number of nitrogens with zero attached hydrogens (tertiary/aromatic N) is 1. The van der Waals surface area contributed by atoms with E-state index in [-0.39, 0.29) is 5.96 Å². The molecule has 0 rings (SSSR count). The number of phosphoric acid groups is 1. The average Bonchev–Trinajstić information content (AvgIpc) is 2.00. The van der Waals surface area contributed by atoms with Gasteiger partial charge in [-0.1, -0.05) is 0 Å². The molecule has 0 aromatic heterocycles. The minimum atomic E-state index is -4.58. The Morgan fingerprint density at radius 2 is 2.23 bits per heavy atom. The molecule has 10 heteroatoms. The molecule has 8 N–H and O–H groups in total. The van der Waals surface area contributed by atoms with E-state index in [1.54, 1.807) is 5.48 Å². The first-order chi connectivity index (χ1) is 5.95. The van der Waals surface area contributed by atoms with Crippen LogP contribution in [0.3, 0.4) is 0 Å². The van der Waals surface area contributed by atoms with E-state index >= 15 is 0 Å². The van der Waals surface area contributed by atoms with Gasteiger partial charge in [0.15, 0.2) is 0 Å². The van der Waals surface area contributed by atoms with E-state index in [0.717, 1.165) is 0 Å². The molecule has 0 fully saturated rings. The first-order valence-electron chi connectivity index (χ1n) is 3.22. The van der Waals surface area contributed by atoms with Crippen LogP contribution in [-0.4, -0.2) is 28.8 Å². The Morgan fingerprint density at radius 1 is 1.62 bits per heavy atom. The van der Waals surface area contributed by atoms with E-state index in [4.69, 9.17) is 21.3 Å². The van der Waals surface area contributed by atoms with Crippen LogP contribution in [0.2, 0.25) is 0 Å². The molecule has 0 aliphatic heterocycles. The zero-order valence-electron chi connectivity index (χ0n) is 6.67. The normalized spacial score (nSPS) is 12.7. The minimum Gasteiger partial charge on any atom is -0.367 e. The zero-order chi connectivity index (χ0) is 10.3. The summed E-state index contributed by atoms with van der Waals surface area (Å²) in [4.78, 5) is 16.4. The molecule has 0 radical (unpaired) electrons. The van der Waals surface area contributed by atoms with Crippen LogP contribution in [0.25, 0.3) is 0 Å². The lowest BCUT2D eigenvalue weighted by atomic mass is 10.7. The lowest BCUT2D eigenvalue weighted by molar-refractivity contribution is 0.162. The van der Waals surface area contributed by atoms with Gasteiger partial charge in [0.1, 0.15) is 0 Å². The number of hydrogen-bond acceptors (Lipinski definition) is 5. The third kappa shape index (κ3) is 9.05. The molecule has 0 atom stereocenters. The standard InChI is InChI=1S/C3H12N5O4P/c4-1-2-6-7-3(5)8-12-13(9,10)11/h6H,1-2,4H2,(H3,5,7,8)(H2,9,10,11). The van der Waals surface area contributed by atoms with Crippen molar-refractivity contribution in [1.29, 1.82) is 0 Å². The molecule has 0 bridgehead atoms. The Hall–Kier alpha value is -0.860. The second-order valence-corrected chi connectivity index (χ2v) is 3.04. The van der Waals surface area contributed by atoms with Gasteiger partial charge in [0, 0.05) is 13.1 Å². The van der Waals surface area contributed by atoms with Crippen molar-refractivity contribution in [3.05, 3.63) is 0 Å². The summed E-state index contributed by atoms with van der Waals surface area (Å²) in [5.74, 6) is -0.309. The highest BCUT2D eigenvalue weighted by molar-refractivity contribution is 7.46. The first-order valence-corrected chi connectivity index (χ1v) is 4.75. The van der Waals surface area contributed by atoms with E-state index in [9.17, 15) is 4.57 Å². The maximum Gasteiger partial charge on any atom is 0.491 e. The number of hydrazone groups is 1. The summed E-state index contributed by atoms with van der Waals surface area (Å²) in [6.45, 7) is 0.744. The molecule has 0 amide bonds. The number of nitrogens with one attached hydrogen (secondary N) is 2. The molecule has 0 saturated heterocycles.